The molecule has 0 aliphatic heterocycles. The minimum atomic E-state index is 0.199. The van der Waals surface area contributed by atoms with Crippen molar-refractivity contribution in [1.29, 1.82) is 0 Å². The molecule has 0 saturated heterocycles. The molecule has 0 heterocycles. The summed E-state index contributed by atoms with van der Waals surface area (Å²) < 4.78 is 0. The second-order valence-electron chi connectivity index (χ2n) is 3.33. The van der Waals surface area contributed by atoms with Crippen LogP contribution in [0.2, 0.25) is 0 Å². The lowest BCUT2D eigenvalue weighted by Gasteiger charge is -2.07. The van der Waals surface area contributed by atoms with E-state index in [0.29, 0.717) is 6.54 Å². The van der Waals surface area contributed by atoms with E-state index in [-0.39, 0.29) is 6.61 Å². The Hall–Kier alpha value is -0.860. The van der Waals surface area contributed by atoms with Crippen LogP contribution in [0.4, 0.5) is 0 Å². The minimum absolute atomic E-state index is 0.199. The van der Waals surface area contributed by atoms with Crippen molar-refractivity contribution in [3.63, 3.8) is 0 Å². The Labute approximate surface area is 79.6 Å². The standard InChI is InChI=1S/C11H17NO/c1-9-3-4-10(2)11(7-9)8-12-5-6-13/h3-4,7,12-13H,5-6,8H2,1-2H3. The van der Waals surface area contributed by atoms with Gasteiger partial charge in [0.25, 0.3) is 0 Å². The second-order valence-corrected chi connectivity index (χ2v) is 3.33. The average Bonchev–Trinajstić information content (AvgIpc) is 2.11. The van der Waals surface area contributed by atoms with Gasteiger partial charge in [0.05, 0.1) is 6.61 Å². The molecule has 1 aromatic carbocycles. The molecule has 0 fully saturated rings. The lowest BCUT2D eigenvalue weighted by Crippen LogP contribution is -2.18. The van der Waals surface area contributed by atoms with Crippen molar-refractivity contribution < 1.29 is 5.11 Å². The Morgan fingerprint density at radius 2 is 2.08 bits per heavy atom. The zero-order valence-electron chi connectivity index (χ0n) is 8.30. The summed E-state index contributed by atoms with van der Waals surface area (Å²) in [7, 11) is 0. The maximum Gasteiger partial charge on any atom is 0.0556 e. The third-order valence-corrected chi connectivity index (χ3v) is 2.11. The van der Waals surface area contributed by atoms with Gasteiger partial charge in [0.2, 0.25) is 0 Å². The van der Waals surface area contributed by atoms with Crippen LogP contribution in [-0.2, 0) is 6.54 Å². The summed E-state index contributed by atoms with van der Waals surface area (Å²) in [4.78, 5) is 0. The van der Waals surface area contributed by atoms with Crippen LogP contribution in [0.15, 0.2) is 18.2 Å². The van der Waals surface area contributed by atoms with Gasteiger partial charge >= 0.3 is 0 Å². The van der Waals surface area contributed by atoms with E-state index >= 15 is 0 Å². The zero-order valence-corrected chi connectivity index (χ0v) is 8.30. The summed E-state index contributed by atoms with van der Waals surface area (Å²) in [6.45, 7) is 5.90. The predicted octanol–water partition coefficient (Wildman–Crippen LogP) is 1.39. The highest BCUT2D eigenvalue weighted by Crippen LogP contribution is 2.09. The van der Waals surface area contributed by atoms with E-state index in [1.54, 1.807) is 0 Å². The van der Waals surface area contributed by atoms with E-state index in [4.69, 9.17) is 5.11 Å². The van der Waals surface area contributed by atoms with Crippen LogP contribution in [0.5, 0.6) is 0 Å². The van der Waals surface area contributed by atoms with Gasteiger partial charge in [-0.15, -0.1) is 0 Å². The molecule has 2 N–H and O–H groups in total. The monoisotopic (exact) mass is 179 g/mol. The lowest BCUT2D eigenvalue weighted by atomic mass is 10.1. The van der Waals surface area contributed by atoms with Gasteiger partial charge in [-0.05, 0) is 25.0 Å². The third kappa shape index (κ3) is 3.17. The first-order valence-electron chi connectivity index (χ1n) is 4.61. The van der Waals surface area contributed by atoms with Crippen LogP contribution in [0, 0.1) is 13.8 Å². The molecular weight excluding hydrogens is 162 g/mol. The highest BCUT2D eigenvalue weighted by molar-refractivity contribution is 5.30. The Morgan fingerprint density at radius 1 is 1.31 bits per heavy atom. The number of benzene rings is 1. The van der Waals surface area contributed by atoms with Crippen LogP contribution in [0.3, 0.4) is 0 Å². The van der Waals surface area contributed by atoms with Crippen molar-refractivity contribution in [2.24, 2.45) is 0 Å². The topological polar surface area (TPSA) is 32.3 Å². The first kappa shape index (κ1) is 10.2. The molecule has 0 aliphatic rings. The normalized spacial score (nSPS) is 10.4. The molecule has 1 rings (SSSR count). The summed E-state index contributed by atoms with van der Waals surface area (Å²) >= 11 is 0. The lowest BCUT2D eigenvalue weighted by molar-refractivity contribution is 0.292. The van der Waals surface area contributed by atoms with Gasteiger partial charge in [-0.2, -0.15) is 0 Å². The number of hydrogen-bond acceptors (Lipinski definition) is 2. The van der Waals surface area contributed by atoms with Gasteiger partial charge in [-0.1, -0.05) is 23.8 Å². The first-order chi connectivity index (χ1) is 6.24. The minimum Gasteiger partial charge on any atom is -0.395 e. The molecule has 2 heteroatoms. The zero-order chi connectivity index (χ0) is 9.68. The van der Waals surface area contributed by atoms with Gasteiger partial charge < -0.3 is 10.4 Å². The smallest absolute Gasteiger partial charge is 0.0556 e. The van der Waals surface area contributed by atoms with Crippen molar-refractivity contribution in [3.05, 3.63) is 34.9 Å². The Kier molecular flexibility index (Phi) is 3.93. The van der Waals surface area contributed by atoms with Gasteiger partial charge in [0.1, 0.15) is 0 Å². The van der Waals surface area contributed by atoms with Gasteiger partial charge in [0.15, 0.2) is 0 Å². The Balaban J connectivity index is 2.59. The summed E-state index contributed by atoms with van der Waals surface area (Å²) in [5.41, 5.74) is 3.90. The molecule has 0 bridgehead atoms. The molecule has 13 heavy (non-hydrogen) atoms. The fraction of sp³-hybridized carbons (Fsp3) is 0.455. The fourth-order valence-electron chi connectivity index (χ4n) is 1.29. The predicted molar refractivity (Wildman–Crippen MR) is 54.7 cm³/mol. The molecule has 0 atom stereocenters. The van der Waals surface area contributed by atoms with Crippen molar-refractivity contribution >= 4 is 0 Å². The highest BCUT2D eigenvalue weighted by atomic mass is 16.3. The number of aliphatic hydroxyl groups excluding tert-OH is 1. The van der Waals surface area contributed by atoms with Gasteiger partial charge in [-0.3, -0.25) is 0 Å². The average molecular weight is 179 g/mol. The van der Waals surface area contributed by atoms with Crippen molar-refractivity contribution in [2.45, 2.75) is 20.4 Å². The van der Waals surface area contributed by atoms with E-state index in [0.717, 1.165) is 6.54 Å². The molecule has 2 nitrogen and oxygen atoms in total. The fourth-order valence-corrected chi connectivity index (χ4v) is 1.29. The number of aliphatic hydroxyl groups is 1. The van der Waals surface area contributed by atoms with E-state index in [9.17, 15) is 0 Å². The van der Waals surface area contributed by atoms with Crippen molar-refractivity contribution in [3.8, 4) is 0 Å². The summed E-state index contributed by atoms with van der Waals surface area (Å²) in [6.07, 6.45) is 0. The quantitative estimate of drug-likeness (QED) is 0.684. The summed E-state index contributed by atoms with van der Waals surface area (Å²) in [5, 5.41) is 11.8. The SMILES string of the molecule is Cc1ccc(C)c(CNCCO)c1. The Bertz CT molecular complexity index is 271. The second kappa shape index (κ2) is 5.00. The van der Waals surface area contributed by atoms with E-state index in [1.807, 2.05) is 0 Å². The van der Waals surface area contributed by atoms with Crippen molar-refractivity contribution in [2.75, 3.05) is 13.2 Å². The van der Waals surface area contributed by atoms with E-state index < -0.39 is 0 Å². The van der Waals surface area contributed by atoms with E-state index in [2.05, 4.69) is 37.4 Å². The molecule has 0 unspecified atom stereocenters. The van der Waals surface area contributed by atoms with Crippen LogP contribution in [0.25, 0.3) is 0 Å². The molecular formula is C11H17NO. The number of rotatable bonds is 4. The molecule has 0 amide bonds. The number of hydrogen-bond donors (Lipinski definition) is 2. The molecule has 0 aliphatic carbocycles. The van der Waals surface area contributed by atoms with Crippen LogP contribution in [-0.4, -0.2) is 18.3 Å². The van der Waals surface area contributed by atoms with Crippen LogP contribution >= 0.6 is 0 Å². The highest BCUT2D eigenvalue weighted by Gasteiger charge is 1.97. The van der Waals surface area contributed by atoms with Crippen LogP contribution < -0.4 is 5.32 Å². The molecule has 0 spiro atoms. The number of nitrogens with one attached hydrogen (secondary N) is 1. The largest absolute Gasteiger partial charge is 0.395 e. The Morgan fingerprint density at radius 3 is 2.77 bits per heavy atom. The molecule has 72 valence electrons. The molecule has 0 aromatic heterocycles. The van der Waals surface area contributed by atoms with Crippen molar-refractivity contribution in [1.82, 2.24) is 5.32 Å². The number of aryl methyl sites for hydroxylation is 2. The maximum atomic E-state index is 8.61. The van der Waals surface area contributed by atoms with E-state index in [1.165, 1.54) is 16.7 Å². The molecule has 1 aromatic rings. The first-order valence-corrected chi connectivity index (χ1v) is 4.61. The molecule has 0 saturated carbocycles. The van der Waals surface area contributed by atoms with Gasteiger partial charge in [-0.25, -0.2) is 0 Å². The molecule has 0 radical (unpaired) electrons. The third-order valence-electron chi connectivity index (χ3n) is 2.11. The maximum absolute atomic E-state index is 8.61. The summed E-state index contributed by atoms with van der Waals surface area (Å²) in [5.74, 6) is 0. The summed E-state index contributed by atoms with van der Waals surface area (Å²) in [6, 6.07) is 6.43. The van der Waals surface area contributed by atoms with Gasteiger partial charge in [0, 0.05) is 13.1 Å². The van der Waals surface area contributed by atoms with Crippen LogP contribution in [0.1, 0.15) is 16.7 Å².